The van der Waals surface area contributed by atoms with Gasteiger partial charge in [0.15, 0.2) is 5.82 Å². The Morgan fingerprint density at radius 2 is 1.95 bits per heavy atom. The normalized spacial score (nSPS) is 10.4. The highest BCUT2D eigenvalue weighted by molar-refractivity contribution is 9.10. The molecule has 4 nitrogen and oxygen atoms in total. The van der Waals surface area contributed by atoms with E-state index in [0.29, 0.717) is 6.42 Å². The van der Waals surface area contributed by atoms with Gasteiger partial charge in [-0.25, -0.2) is 0 Å². The molecule has 0 fully saturated rings. The van der Waals surface area contributed by atoms with Crippen molar-refractivity contribution in [1.82, 2.24) is 9.97 Å². The number of nitrogens with zero attached hydrogens (tertiary/aromatic N) is 2. The van der Waals surface area contributed by atoms with E-state index in [9.17, 15) is 9.18 Å². The number of halogens is 2. The predicted molar refractivity (Wildman–Crippen MR) is 82.3 cm³/mol. The molecule has 0 radical (unpaired) electrons. The number of carbonyl (C=O) groups is 1. The second kappa shape index (κ2) is 7.83. The fourth-order valence-electron chi connectivity index (χ4n) is 1.87. The predicted octanol–water partition coefficient (Wildman–Crippen LogP) is 3.73. The smallest absolute Gasteiger partial charge is 0.233 e. The molecule has 0 aliphatic rings. The SMILES string of the molecule is O=C(CCCCc1ccc(Br)cc1)Nc1cncc(F)n1. The van der Waals surface area contributed by atoms with Crippen LogP contribution in [0.4, 0.5) is 10.2 Å². The van der Waals surface area contributed by atoms with Crippen LogP contribution in [-0.4, -0.2) is 15.9 Å². The van der Waals surface area contributed by atoms with E-state index in [1.54, 1.807) is 0 Å². The topological polar surface area (TPSA) is 54.9 Å². The lowest BCUT2D eigenvalue weighted by Gasteiger charge is -2.04. The minimum absolute atomic E-state index is 0.146. The maximum atomic E-state index is 12.8. The Morgan fingerprint density at radius 3 is 2.67 bits per heavy atom. The summed E-state index contributed by atoms with van der Waals surface area (Å²) in [6, 6.07) is 8.13. The highest BCUT2D eigenvalue weighted by Crippen LogP contribution is 2.13. The average Bonchev–Trinajstić information content (AvgIpc) is 2.45. The van der Waals surface area contributed by atoms with E-state index in [4.69, 9.17) is 0 Å². The molecule has 1 amide bonds. The molecule has 2 rings (SSSR count). The van der Waals surface area contributed by atoms with Crippen LogP contribution in [0.3, 0.4) is 0 Å². The van der Waals surface area contributed by atoms with E-state index >= 15 is 0 Å². The minimum Gasteiger partial charge on any atom is -0.309 e. The van der Waals surface area contributed by atoms with Gasteiger partial charge in [-0.2, -0.15) is 9.37 Å². The van der Waals surface area contributed by atoms with Gasteiger partial charge in [0.25, 0.3) is 0 Å². The fraction of sp³-hybridized carbons (Fsp3) is 0.267. The van der Waals surface area contributed by atoms with Crippen molar-refractivity contribution in [1.29, 1.82) is 0 Å². The van der Waals surface area contributed by atoms with Crippen LogP contribution in [0.5, 0.6) is 0 Å². The highest BCUT2D eigenvalue weighted by atomic mass is 79.9. The second-order valence-electron chi connectivity index (χ2n) is 4.61. The largest absolute Gasteiger partial charge is 0.309 e. The van der Waals surface area contributed by atoms with Crippen molar-refractivity contribution in [3.8, 4) is 0 Å². The number of unbranched alkanes of at least 4 members (excludes halogenated alkanes) is 1. The number of rotatable bonds is 6. The van der Waals surface area contributed by atoms with Crippen molar-refractivity contribution in [2.45, 2.75) is 25.7 Å². The van der Waals surface area contributed by atoms with Gasteiger partial charge in [-0.1, -0.05) is 28.1 Å². The Hall–Kier alpha value is -1.82. The summed E-state index contributed by atoms with van der Waals surface area (Å²) in [5.74, 6) is -0.735. The van der Waals surface area contributed by atoms with E-state index in [1.165, 1.54) is 11.8 Å². The Balaban J connectivity index is 1.68. The van der Waals surface area contributed by atoms with Gasteiger partial charge in [0, 0.05) is 10.9 Å². The standard InChI is InChI=1S/C15H15BrFN3O/c16-12-7-5-11(6-8-12)3-1-2-4-15(21)20-14-10-18-9-13(17)19-14/h5-10H,1-4H2,(H,19,20,21). The summed E-state index contributed by atoms with van der Waals surface area (Å²) in [7, 11) is 0. The zero-order valence-electron chi connectivity index (χ0n) is 11.4. The molecular formula is C15H15BrFN3O. The molecule has 1 N–H and O–H groups in total. The zero-order chi connectivity index (χ0) is 15.1. The molecule has 21 heavy (non-hydrogen) atoms. The lowest BCUT2D eigenvalue weighted by Crippen LogP contribution is -2.13. The Bertz CT molecular complexity index is 604. The first kappa shape index (κ1) is 15.6. The molecule has 1 aromatic carbocycles. The van der Waals surface area contributed by atoms with Gasteiger partial charge >= 0.3 is 0 Å². The number of anilines is 1. The minimum atomic E-state index is -0.706. The number of aromatic nitrogens is 2. The lowest BCUT2D eigenvalue weighted by atomic mass is 10.1. The van der Waals surface area contributed by atoms with Crippen LogP contribution in [0.15, 0.2) is 41.1 Å². The first-order valence-corrected chi connectivity index (χ1v) is 7.44. The Kier molecular flexibility index (Phi) is 5.80. The van der Waals surface area contributed by atoms with Crippen molar-refractivity contribution in [3.63, 3.8) is 0 Å². The highest BCUT2D eigenvalue weighted by Gasteiger charge is 2.04. The van der Waals surface area contributed by atoms with Crippen LogP contribution in [-0.2, 0) is 11.2 Å². The van der Waals surface area contributed by atoms with E-state index in [-0.39, 0.29) is 11.7 Å². The lowest BCUT2D eigenvalue weighted by molar-refractivity contribution is -0.116. The van der Waals surface area contributed by atoms with Gasteiger partial charge in [0.1, 0.15) is 0 Å². The summed E-state index contributed by atoms with van der Waals surface area (Å²) in [4.78, 5) is 18.8. The molecule has 0 aliphatic carbocycles. The van der Waals surface area contributed by atoms with Crippen LogP contribution in [0.25, 0.3) is 0 Å². The number of nitrogens with one attached hydrogen (secondary N) is 1. The van der Waals surface area contributed by atoms with E-state index in [2.05, 4.69) is 43.3 Å². The van der Waals surface area contributed by atoms with Crippen molar-refractivity contribution >= 4 is 27.7 Å². The summed E-state index contributed by atoms with van der Waals surface area (Å²) in [6.45, 7) is 0. The van der Waals surface area contributed by atoms with Gasteiger partial charge < -0.3 is 5.32 Å². The molecule has 1 aromatic heterocycles. The number of benzene rings is 1. The molecule has 0 aliphatic heterocycles. The number of amides is 1. The van der Waals surface area contributed by atoms with Gasteiger partial charge in [0.05, 0.1) is 12.4 Å². The van der Waals surface area contributed by atoms with Crippen LogP contribution < -0.4 is 5.32 Å². The maximum Gasteiger partial charge on any atom is 0.233 e. The molecule has 0 atom stereocenters. The van der Waals surface area contributed by atoms with Crippen LogP contribution in [0.2, 0.25) is 0 Å². The number of carbonyl (C=O) groups excluding carboxylic acids is 1. The summed E-state index contributed by atoms with van der Waals surface area (Å²) < 4.78 is 13.9. The van der Waals surface area contributed by atoms with Crippen LogP contribution in [0, 0.1) is 5.95 Å². The van der Waals surface area contributed by atoms with Crippen molar-refractivity contribution < 1.29 is 9.18 Å². The third kappa shape index (κ3) is 5.59. The molecule has 2 aromatic rings. The molecule has 0 saturated carbocycles. The van der Waals surface area contributed by atoms with Gasteiger partial charge in [-0.15, -0.1) is 0 Å². The van der Waals surface area contributed by atoms with Gasteiger partial charge in [0.2, 0.25) is 11.9 Å². The van der Waals surface area contributed by atoms with E-state index in [0.717, 1.165) is 29.9 Å². The van der Waals surface area contributed by atoms with E-state index in [1.807, 2.05) is 12.1 Å². The quantitative estimate of drug-likeness (QED) is 0.806. The molecule has 0 saturated heterocycles. The third-order valence-corrected chi connectivity index (χ3v) is 3.43. The molecule has 0 spiro atoms. The van der Waals surface area contributed by atoms with Crippen molar-refractivity contribution in [3.05, 3.63) is 52.6 Å². The first-order chi connectivity index (χ1) is 10.1. The summed E-state index contributed by atoms with van der Waals surface area (Å²) in [6.07, 6.45) is 5.32. The van der Waals surface area contributed by atoms with E-state index < -0.39 is 5.95 Å². The van der Waals surface area contributed by atoms with Gasteiger partial charge in [-0.05, 0) is 37.0 Å². The summed E-state index contributed by atoms with van der Waals surface area (Å²) >= 11 is 3.39. The molecule has 6 heteroatoms. The number of hydrogen-bond donors (Lipinski definition) is 1. The second-order valence-corrected chi connectivity index (χ2v) is 5.52. The summed E-state index contributed by atoms with van der Waals surface area (Å²) in [5.41, 5.74) is 1.25. The van der Waals surface area contributed by atoms with Gasteiger partial charge in [-0.3, -0.25) is 9.78 Å². The average molecular weight is 352 g/mol. The third-order valence-electron chi connectivity index (χ3n) is 2.91. The Labute approximate surface area is 130 Å². The molecule has 1 heterocycles. The molecule has 0 bridgehead atoms. The van der Waals surface area contributed by atoms with Crippen molar-refractivity contribution in [2.75, 3.05) is 5.32 Å². The van der Waals surface area contributed by atoms with Crippen LogP contribution in [0.1, 0.15) is 24.8 Å². The number of aryl methyl sites for hydroxylation is 1. The van der Waals surface area contributed by atoms with Crippen molar-refractivity contribution in [2.24, 2.45) is 0 Å². The zero-order valence-corrected chi connectivity index (χ0v) is 12.9. The molecule has 0 unspecified atom stereocenters. The molecule has 110 valence electrons. The summed E-state index contributed by atoms with van der Waals surface area (Å²) in [5, 5.41) is 2.53. The van der Waals surface area contributed by atoms with Crippen LogP contribution >= 0.6 is 15.9 Å². The maximum absolute atomic E-state index is 12.8. The fourth-order valence-corrected chi connectivity index (χ4v) is 2.14. The first-order valence-electron chi connectivity index (χ1n) is 6.65. The monoisotopic (exact) mass is 351 g/mol. The number of hydrogen-bond acceptors (Lipinski definition) is 3. The Morgan fingerprint density at radius 1 is 1.19 bits per heavy atom. The molecular weight excluding hydrogens is 337 g/mol.